The van der Waals surface area contributed by atoms with Crippen LogP contribution in [0.5, 0.6) is 0 Å². The van der Waals surface area contributed by atoms with Gasteiger partial charge in [0.05, 0.1) is 12.5 Å². The number of carboxylic acids is 1. The molecule has 0 atom stereocenters. The van der Waals surface area contributed by atoms with Gasteiger partial charge in [0, 0.05) is 13.0 Å². The van der Waals surface area contributed by atoms with Gasteiger partial charge in [-0.15, -0.1) is 0 Å². The van der Waals surface area contributed by atoms with Crippen LogP contribution in [0.2, 0.25) is 0 Å². The zero-order valence-corrected chi connectivity index (χ0v) is 18.0. The van der Waals surface area contributed by atoms with Gasteiger partial charge in [-0.05, 0) is 6.42 Å². The van der Waals surface area contributed by atoms with Crippen LogP contribution in [-0.2, 0) is 9.59 Å². The van der Waals surface area contributed by atoms with Gasteiger partial charge < -0.3 is 11.4 Å². The third-order valence-corrected chi connectivity index (χ3v) is 3.67. The Labute approximate surface area is 184 Å². The SMILES string of the molecule is CCCCCCCCCCCC(=O)N(CCC#N)CC(=O)O.[H-].[K+]. The maximum Gasteiger partial charge on any atom is 1.00 e. The number of carbonyl (C=O) groups is 2. The number of rotatable bonds is 14. The molecule has 0 aromatic carbocycles. The van der Waals surface area contributed by atoms with Gasteiger partial charge in [-0.3, -0.25) is 9.59 Å². The Balaban J connectivity index is -0.00000220. The minimum absolute atomic E-state index is 0. The molecule has 0 saturated heterocycles. The normalized spacial score (nSPS) is 9.74. The quantitative estimate of drug-likeness (QED) is 0.372. The molecule has 0 aliphatic carbocycles. The smallest absolute Gasteiger partial charge is 1.00 e. The van der Waals surface area contributed by atoms with Gasteiger partial charge in [0.25, 0.3) is 0 Å². The summed E-state index contributed by atoms with van der Waals surface area (Å²) in [5.74, 6) is -1.18. The maximum atomic E-state index is 11.9. The Bertz CT molecular complexity index is 362. The van der Waals surface area contributed by atoms with Crippen molar-refractivity contribution in [1.82, 2.24) is 4.90 Å². The third kappa shape index (κ3) is 16.7. The average Bonchev–Trinajstić information content (AvgIpc) is 2.49. The molecular formula is C17H31KN2O3. The number of hydrogen-bond acceptors (Lipinski definition) is 3. The van der Waals surface area contributed by atoms with Gasteiger partial charge in [-0.2, -0.15) is 5.26 Å². The molecular weight excluding hydrogens is 319 g/mol. The van der Waals surface area contributed by atoms with E-state index in [1.54, 1.807) is 0 Å². The minimum Gasteiger partial charge on any atom is -1.00 e. The van der Waals surface area contributed by atoms with Crippen LogP contribution in [-0.4, -0.2) is 35.0 Å². The first-order valence-corrected chi connectivity index (χ1v) is 8.48. The second-order valence-corrected chi connectivity index (χ2v) is 5.70. The van der Waals surface area contributed by atoms with Crippen molar-refractivity contribution in [3.05, 3.63) is 0 Å². The first kappa shape index (κ1) is 25.3. The molecule has 0 saturated carbocycles. The van der Waals surface area contributed by atoms with Crippen molar-refractivity contribution in [2.45, 2.75) is 77.6 Å². The summed E-state index contributed by atoms with van der Waals surface area (Å²) >= 11 is 0. The fourth-order valence-corrected chi connectivity index (χ4v) is 2.39. The molecule has 0 aliphatic heterocycles. The van der Waals surface area contributed by atoms with Crippen LogP contribution < -0.4 is 51.4 Å². The molecule has 0 radical (unpaired) electrons. The number of unbranched alkanes of at least 4 members (excludes halogenated alkanes) is 8. The topological polar surface area (TPSA) is 81.4 Å². The molecule has 128 valence electrons. The molecule has 0 bridgehead atoms. The summed E-state index contributed by atoms with van der Waals surface area (Å²) in [5, 5.41) is 17.3. The zero-order valence-electron chi connectivity index (χ0n) is 15.9. The number of amides is 1. The van der Waals surface area contributed by atoms with Crippen LogP contribution in [0.25, 0.3) is 0 Å². The van der Waals surface area contributed by atoms with E-state index in [-0.39, 0.29) is 78.2 Å². The van der Waals surface area contributed by atoms with Gasteiger partial charge >= 0.3 is 57.4 Å². The number of nitriles is 1. The molecule has 0 heterocycles. The summed E-state index contributed by atoms with van der Waals surface area (Å²) in [7, 11) is 0. The maximum absolute atomic E-state index is 11.9. The first-order chi connectivity index (χ1) is 10.6. The molecule has 0 rings (SSSR count). The van der Waals surface area contributed by atoms with Crippen LogP contribution in [0, 0.1) is 11.3 Å². The molecule has 0 aromatic heterocycles. The number of nitrogens with zero attached hydrogens (tertiary/aromatic N) is 2. The van der Waals surface area contributed by atoms with Gasteiger partial charge in [-0.1, -0.05) is 58.3 Å². The Morgan fingerprint density at radius 3 is 2.04 bits per heavy atom. The fourth-order valence-electron chi connectivity index (χ4n) is 2.39. The summed E-state index contributed by atoms with van der Waals surface area (Å²) in [6.45, 7) is 2.11. The van der Waals surface area contributed by atoms with E-state index in [0.29, 0.717) is 6.42 Å². The number of hydrogen-bond donors (Lipinski definition) is 1. The molecule has 5 nitrogen and oxygen atoms in total. The van der Waals surface area contributed by atoms with Crippen molar-refractivity contribution in [3.63, 3.8) is 0 Å². The Morgan fingerprint density at radius 2 is 1.57 bits per heavy atom. The summed E-state index contributed by atoms with van der Waals surface area (Å²) in [4.78, 5) is 23.9. The third-order valence-electron chi connectivity index (χ3n) is 3.67. The van der Waals surface area contributed by atoms with Gasteiger partial charge in [-0.25, -0.2) is 0 Å². The van der Waals surface area contributed by atoms with Crippen LogP contribution in [0.15, 0.2) is 0 Å². The van der Waals surface area contributed by atoms with Gasteiger partial charge in [0.2, 0.25) is 5.91 Å². The van der Waals surface area contributed by atoms with E-state index in [2.05, 4.69) is 6.92 Å². The summed E-state index contributed by atoms with van der Waals surface area (Å²) in [6.07, 6.45) is 11.2. The molecule has 1 N–H and O–H groups in total. The molecule has 6 heteroatoms. The molecule has 0 unspecified atom stereocenters. The van der Waals surface area contributed by atoms with Crippen LogP contribution in [0.4, 0.5) is 0 Å². The van der Waals surface area contributed by atoms with Crippen molar-refractivity contribution < 1.29 is 67.5 Å². The van der Waals surface area contributed by atoms with Crippen molar-refractivity contribution in [1.29, 1.82) is 5.26 Å². The number of carboxylic acid groups (broad SMARTS) is 1. The van der Waals surface area contributed by atoms with Gasteiger partial charge in [0.1, 0.15) is 6.54 Å². The summed E-state index contributed by atoms with van der Waals surface area (Å²) in [6, 6.07) is 1.94. The summed E-state index contributed by atoms with van der Waals surface area (Å²) < 4.78 is 0. The standard InChI is InChI=1S/C17H30N2O3.K.H/c1-2-3-4-5-6-7-8-9-10-12-16(20)19(14-11-13-18)15-17(21)22;;/h2-12,14-15H2,1H3,(H,21,22);;/q;+1;-1. The Kier molecular flexibility index (Phi) is 20.3. The van der Waals surface area contributed by atoms with E-state index in [0.717, 1.165) is 19.3 Å². The van der Waals surface area contributed by atoms with Crippen LogP contribution in [0.3, 0.4) is 0 Å². The number of carbonyl (C=O) groups excluding carboxylic acids is 1. The Hall–Kier alpha value is 0.0664. The van der Waals surface area contributed by atoms with E-state index >= 15 is 0 Å². The molecule has 0 spiro atoms. The average molecular weight is 351 g/mol. The first-order valence-electron chi connectivity index (χ1n) is 8.48. The second-order valence-electron chi connectivity index (χ2n) is 5.70. The van der Waals surface area contributed by atoms with E-state index in [9.17, 15) is 9.59 Å². The summed E-state index contributed by atoms with van der Waals surface area (Å²) in [5.41, 5.74) is 0. The minimum atomic E-state index is -1.03. The van der Waals surface area contributed by atoms with Crippen LogP contribution >= 0.6 is 0 Å². The monoisotopic (exact) mass is 350 g/mol. The zero-order chi connectivity index (χ0) is 16.6. The molecule has 0 fully saturated rings. The molecule has 1 amide bonds. The molecule has 23 heavy (non-hydrogen) atoms. The molecule has 0 aromatic rings. The predicted molar refractivity (Wildman–Crippen MR) is 87.4 cm³/mol. The predicted octanol–water partition coefficient (Wildman–Crippen LogP) is 0.851. The van der Waals surface area contributed by atoms with Crippen molar-refractivity contribution >= 4 is 11.9 Å². The van der Waals surface area contributed by atoms with E-state index in [1.165, 1.54) is 43.4 Å². The second kappa shape index (κ2) is 18.4. The van der Waals surface area contributed by atoms with Crippen molar-refractivity contribution in [2.24, 2.45) is 0 Å². The van der Waals surface area contributed by atoms with E-state index < -0.39 is 5.97 Å². The fraction of sp³-hybridized carbons (Fsp3) is 0.824. The largest absolute Gasteiger partial charge is 1.00 e. The Morgan fingerprint density at radius 1 is 1.04 bits per heavy atom. The van der Waals surface area contributed by atoms with Crippen LogP contribution in [0.1, 0.15) is 79.0 Å². The van der Waals surface area contributed by atoms with Crippen molar-refractivity contribution in [3.8, 4) is 6.07 Å². The van der Waals surface area contributed by atoms with Crippen molar-refractivity contribution in [2.75, 3.05) is 13.1 Å². The molecule has 0 aliphatic rings. The van der Waals surface area contributed by atoms with E-state index in [1.807, 2.05) is 6.07 Å². The van der Waals surface area contributed by atoms with Gasteiger partial charge in [0.15, 0.2) is 0 Å². The number of aliphatic carboxylic acids is 1. The van der Waals surface area contributed by atoms with E-state index in [4.69, 9.17) is 10.4 Å².